The number of hydrogen-bond acceptors (Lipinski definition) is 5. The minimum atomic E-state index is 0.0134. The summed E-state index contributed by atoms with van der Waals surface area (Å²) in [6.07, 6.45) is 0.726. The number of benzene rings is 1. The van der Waals surface area contributed by atoms with Crippen LogP contribution in [0.1, 0.15) is 42.4 Å². The number of nitrogens with zero attached hydrogens (tertiary/aromatic N) is 2. The van der Waals surface area contributed by atoms with Gasteiger partial charge in [-0.25, -0.2) is 4.98 Å². The van der Waals surface area contributed by atoms with Gasteiger partial charge in [-0.1, -0.05) is 19.9 Å². The summed E-state index contributed by atoms with van der Waals surface area (Å²) in [5.41, 5.74) is 2.89. The average Bonchev–Trinajstić information content (AvgIpc) is 2.61. The molecule has 2 aromatic rings. The molecule has 0 saturated carbocycles. The second-order valence-electron chi connectivity index (χ2n) is 6.68. The van der Waals surface area contributed by atoms with Gasteiger partial charge in [0, 0.05) is 31.1 Å². The number of rotatable bonds is 5. The fourth-order valence-corrected chi connectivity index (χ4v) is 3.16. The van der Waals surface area contributed by atoms with Gasteiger partial charge in [-0.3, -0.25) is 9.69 Å². The van der Waals surface area contributed by atoms with Crippen LogP contribution in [0.4, 0.5) is 0 Å². The van der Waals surface area contributed by atoms with Crippen molar-refractivity contribution in [3.8, 4) is 11.5 Å². The molecule has 0 bridgehead atoms. The molecule has 0 atom stereocenters. The number of methoxy groups -OCH3 is 2. The first-order valence-corrected chi connectivity index (χ1v) is 8.57. The highest BCUT2D eigenvalue weighted by molar-refractivity contribution is 5.42. The molecule has 6 heteroatoms. The van der Waals surface area contributed by atoms with Crippen LogP contribution in [0, 0.1) is 0 Å². The third-order valence-electron chi connectivity index (χ3n) is 4.57. The number of hydrogen-bond donors (Lipinski definition) is 1. The summed E-state index contributed by atoms with van der Waals surface area (Å²) in [7, 11) is 3.27. The normalized spacial score (nSPS) is 14.4. The molecule has 1 aromatic heterocycles. The Morgan fingerprint density at radius 2 is 2.00 bits per heavy atom. The SMILES string of the molecule is COc1ccc(CN2CCc3c(nc(C(C)C)[nH]c3=O)C2)cc1OC. The van der Waals surface area contributed by atoms with E-state index in [1.165, 1.54) is 0 Å². The lowest BCUT2D eigenvalue weighted by Gasteiger charge is -2.28. The summed E-state index contributed by atoms with van der Waals surface area (Å²) < 4.78 is 10.7. The van der Waals surface area contributed by atoms with Gasteiger partial charge in [-0.15, -0.1) is 0 Å². The van der Waals surface area contributed by atoms with Gasteiger partial charge in [0.1, 0.15) is 5.82 Å². The lowest BCUT2D eigenvalue weighted by Crippen LogP contribution is -2.35. The zero-order valence-electron chi connectivity index (χ0n) is 15.3. The molecular weight excluding hydrogens is 318 g/mol. The van der Waals surface area contributed by atoms with E-state index in [9.17, 15) is 4.79 Å². The molecule has 1 aliphatic heterocycles. The quantitative estimate of drug-likeness (QED) is 0.903. The van der Waals surface area contributed by atoms with Gasteiger partial charge in [-0.05, 0) is 24.1 Å². The van der Waals surface area contributed by atoms with Gasteiger partial charge < -0.3 is 14.5 Å². The van der Waals surface area contributed by atoms with Crippen LogP contribution in [-0.4, -0.2) is 35.6 Å². The number of ether oxygens (including phenoxy) is 2. The first-order valence-electron chi connectivity index (χ1n) is 8.57. The van der Waals surface area contributed by atoms with Gasteiger partial charge in [0.05, 0.1) is 19.9 Å². The standard InChI is InChI=1S/C19H25N3O3/c1-12(2)18-20-15-11-22(8-7-14(15)19(23)21-18)10-13-5-6-16(24-3)17(9-13)25-4/h5-6,9,12H,7-8,10-11H2,1-4H3,(H,20,21,23). The number of fused-ring (bicyclic) bond motifs is 1. The smallest absolute Gasteiger partial charge is 0.254 e. The average molecular weight is 343 g/mol. The minimum Gasteiger partial charge on any atom is -0.493 e. The number of aromatic nitrogens is 2. The molecule has 3 rings (SSSR count). The highest BCUT2D eigenvalue weighted by atomic mass is 16.5. The molecule has 25 heavy (non-hydrogen) atoms. The molecule has 0 aliphatic carbocycles. The molecule has 1 aromatic carbocycles. The van der Waals surface area contributed by atoms with E-state index >= 15 is 0 Å². The molecular formula is C19H25N3O3. The van der Waals surface area contributed by atoms with Crippen LogP contribution in [-0.2, 0) is 19.5 Å². The Morgan fingerprint density at radius 3 is 2.68 bits per heavy atom. The fourth-order valence-electron chi connectivity index (χ4n) is 3.16. The molecule has 0 fully saturated rings. The number of H-pyrrole nitrogens is 1. The molecule has 6 nitrogen and oxygen atoms in total. The Labute approximate surface area is 147 Å². The Balaban J connectivity index is 1.80. The van der Waals surface area contributed by atoms with E-state index in [2.05, 4.69) is 14.9 Å². The molecule has 2 heterocycles. The molecule has 1 aliphatic rings. The van der Waals surface area contributed by atoms with E-state index in [1.54, 1.807) is 14.2 Å². The van der Waals surface area contributed by atoms with Crippen LogP contribution >= 0.6 is 0 Å². The zero-order valence-corrected chi connectivity index (χ0v) is 15.3. The van der Waals surface area contributed by atoms with Crippen molar-refractivity contribution in [2.24, 2.45) is 0 Å². The summed E-state index contributed by atoms with van der Waals surface area (Å²) in [4.78, 5) is 22.2. The van der Waals surface area contributed by atoms with Crippen molar-refractivity contribution < 1.29 is 9.47 Å². The largest absolute Gasteiger partial charge is 0.493 e. The maximum atomic E-state index is 12.3. The summed E-state index contributed by atoms with van der Waals surface area (Å²) >= 11 is 0. The Morgan fingerprint density at radius 1 is 1.24 bits per heavy atom. The van der Waals surface area contributed by atoms with Crippen molar-refractivity contribution in [1.29, 1.82) is 0 Å². The molecule has 0 unspecified atom stereocenters. The Hall–Kier alpha value is -2.34. The van der Waals surface area contributed by atoms with Crippen LogP contribution in [0.3, 0.4) is 0 Å². The van der Waals surface area contributed by atoms with Crippen LogP contribution in [0.25, 0.3) is 0 Å². The van der Waals surface area contributed by atoms with E-state index in [-0.39, 0.29) is 11.5 Å². The summed E-state index contributed by atoms with van der Waals surface area (Å²) in [6.45, 7) is 6.38. The highest BCUT2D eigenvalue weighted by Crippen LogP contribution is 2.28. The van der Waals surface area contributed by atoms with E-state index in [0.29, 0.717) is 6.54 Å². The van der Waals surface area contributed by atoms with Gasteiger partial charge in [0.2, 0.25) is 0 Å². The molecule has 0 spiro atoms. The predicted molar refractivity (Wildman–Crippen MR) is 96.3 cm³/mol. The Bertz CT molecular complexity index is 814. The zero-order chi connectivity index (χ0) is 18.0. The third-order valence-corrected chi connectivity index (χ3v) is 4.57. The highest BCUT2D eigenvalue weighted by Gasteiger charge is 2.22. The van der Waals surface area contributed by atoms with Crippen molar-refractivity contribution in [2.75, 3.05) is 20.8 Å². The van der Waals surface area contributed by atoms with E-state index in [0.717, 1.165) is 53.7 Å². The summed E-state index contributed by atoms with van der Waals surface area (Å²) in [5.74, 6) is 2.43. The maximum absolute atomic E-state index is 12.3. The second-order valence-corrected chi connectivity index (χ2v) is 6.68. The van der Waals surface area contributed by atoms with Crippen molar-refractivity contribution >= 4 is 0 Å². The fraction of sp³-hybridized carbons (Fsp3) is 0.474. The van der Waals surface area contributed by atoms with Crippen LogP contribution < -0.4 is 15.0 Å². The molecule has 0 saturated heterocycles. The van der Waals surface area contributed by atoms with Crippen molar-refractivity contribution in [1.82, 2.24) is 14.9 Å². The van der Waals surface area contributed by atoms with Gasteiger partial charge in [0.25, 0.3) is 5.56 Å². The van der Waals surface area contributed by atoms with Crippen molar-refractivity contribution in [2.45, 2.75) is 39.3 Å². The van der Waals surface area contributed by atoms with Gasteiger partial charge in [-0.2, -0.15) is 0 Å². The van der Waals surface area contributed by atoms with E-state index in [4.69, 9.17) is 9.47 Å². The topological polar surface area (TPSA) is 67.5 Å². The lowest BCUT2D eigenvalue weighted by molar-refractivity contribution is 0.239. The van der Waals surface area contributed by atoms with Gasteiger partial charge in [0.15, 0.2) is 11.5 Å². The van der Waals surface area contributed by atoms with Crippen LogP contribution in [0.15, 0.2) is 23.0 Å². The Kier molecular flexibility index (Phi) is 5.08. The molecule has 0 radical (unpaired) electrons. The molecule has 1 N–H and O–H groups in total. The second kappa shape index (κ2) is 7.27. The van der Waals surface area contributed by atoms with Crippen molar-refractivity contribution in [3.63, 3.8) is 0 Å². The predicted octanol–water partition coefficient (Wildman–Crippen LogP) is 2.47. The van der Waals surface area contributed by atoms with Crippen molar-refractivity contribution in [3.05, 3.63) is 51.2 Å². The van der Waals surface area contributed by atoms with Gasteiger partial charge >= 0.3 is 0 Å². The summed E-state index contributed by atoms with van der Waals surface area (Å²) in [6, 6.07) is 5.96. The first-order chi connectivity index (χ1) is 12.0. The van der Waals surface area contributed by atoms with E-state index < -0.39 is 0 Å². The molecule has 134 valence electrons. The lowest BCUT2D eigenvalue weighted by atomic mass is 10.0. The number of aromatic amines is 1. The third kappa shape index (κ3) is 3.69. The minimum absolute atomic E-state index is 0.0134. The monoisotopic (exact) mass is 343 g/mol. The van der Waals surface area contributed by atoms with E-state index in [1.807, 2.05) is 32.0 Å². The molecule has 0 amide bonds. The maximum Gasteiger partial charge on any atom is 0.254 e. The van der Waals surface area contributed by atoms with Crippen LogP contribution in [0.2, 0.25) is 0 Å². The summed E-state index contributed by atoms with van der Waals surface area (Å²) in [5, 5.41) is 0. The number of nitrogens with one attached hydrogen (secondary N) is 1. The first kappa shape index (κ1) is 17.5. The van der Waals surface area contributed by atoms with Crippen LogP contribution in [0.5, 0.6) is 11.5 Å².